The predicted molar refractivity (Wildman–Crippen MR) is 117 cm³/mol. The molecule has 0 aliphatic carbocycles. The molecule has 0 saturated heterocycles. The number of nitrogens with zero attached hydrogens (tertiary/aromatic N) is 1. The van der Waals surface area contributed by atoms with Crippen molar-refractivity contribution in [2.75, 3.05) is 13.7 Å². The fourth-order valence-electron chi connectivity index (χ4n) is 2.51. The molecule has 7 nitrogen and oxygen atoms in total. The molecule has 0 unspecified atom stereocenters. The third kappa shape index (κ3) is 6.29. The van der Waals surface area contributed by atoms with Gasteiger partial charge in [-0.15, -0.1) is 0 Å². The number of hydrogen-bond donors (Lipinski definition) is 1. The van der Waals surface area contributed by atoms with Crippen LogP contribution in [0.1, 0.15) is 15.9 Å². The van der Waals surface area contributed by atoms with E-state index in [2.05, 4.69) is 10.5 Å². The number of benzene rings is 3. The molecule has 0 aliphatic heterocycles. The molecule has 0 fully saturated rings. The van der Waals surface area contributed by atoms with Crippen molar-refractivity contribution < 1.29 is 28.2 Å². The monoisotopic (exact) mass is 456 g/mol. The van der Waals surface area contributed by atoms with Crippen molar-refractivity contribution in [3.8, 4) is 17.2 Å². The molecular weight excluding hydrogens is 439 g/mol. The van der Waals surface area contributed by atoms with E-state index >= 15 is 0 Å². The molecule has 164 valence electrons. The van der Waals surface area contributed by atoms with Crippen molar-refractivity contribution in [1.82, 2.24) is 5.43 Å². The van der Waals surface area contributed by atoms with Crippen LogP contribution in [-0.2, 0) is 4.79 Å². The second kappa shape index (κ2) is 10.9. The third-order valence-electron chi connectivity index (χ3n) is 4.07. The van der Waals surface area contributed by atoms with Crippen LogP contribution in [0.15, 0.2) is 71.8 Å². The van der Waals surface area contributed by atoms with E-state index in [9.17, 15) is 14.0 Å². The summed E-state index contributed by atoms with van der Waals surface area (Å²) in [4.78, 5) is 24.1. The Balaban J connectivity index is 1.57. The zero-order valence-corrected chi connectivity index (χ0v) is 17.6. The van der Waals surface area contributed by atoms with Crippen molar-refractivity contribution in [3.63, 3.8) is 0 Å². The minimum atomic E-state index is -0.657. The summed E-state index contributed by atoms with van der Waals surface area (Å²) < 4.78 is 28.9. The van der Waals surface area contributed by atoms with Gasteiger partial charge >= 0.3 is 5.97 Å². The average Bonchev–Trinajstić information content (AvgIpc) is 2.79. The minimum absolute atomic E-state index is 0.177. The van der Waals surface area contributed by atoms with E-state index < -0.39 is 17.7 Å². The van der Waals surface area contributed by atoms with E-state index in [1.54, 1.807) is 36.4 Å². The van der Waals surface area contributed by atoms with E-state index in [0.717, 1.165) is 0 Å². The molecule has 1 amide bonds. The average molecular weight is 457 g/mol. The first-order chi connectivity index (χ1) is 15.5. The Morgan fingerprint density at radius 3 is 2.50 bits per heavy atom. The second-order valence-electron chi connectivity index (χ2n) is 6.32. The number of esters is 1. The van der Waals surface area contributed by atoms with Crippen LogP contribution in [0, 0.1) is 5.82 Å². The first kappa shape index (κ1) is 22.8. The van der Waals surface area contributed by atoms with Gasteiger partial charge in [0, 0.05) is 0 Å². The van der Waals surface area contributed by atoms with Crippen molar-refractivity contribution in [2.24, 2.45) is 5.10 Å². The number of nitrogens with one attached hydrogen (secondary N) is 1. The molecular formula is C23H18ClFN2O5. The first-order valence-electron chi connectivity index (χ1n) is 9.31. The van der Waals surface area contributed by atoms with Gasteiger partial charge in [0.15, 0.2) is 18.1 Å². The number of hydrogen-bond acceptors (Lipinski definition) is 6. The fourth-order valence-corrected chi connectivity index (χ4v) is 2.70. The van der Waals surface area contributed by atoms with Gasteiger partial charge < -0.3 is 14.2 Å². The molecule has 0 spiro atoms. The lowest BCUT2D eigenvalue weighted by Gasteiger charge is -2.10. The summed E-state index contributed by atoms with van der Waals surface area (Å²) in [6, 6.07) is 16.5. The number of para-hydroxylation sites is 1. The lowest BCUT2D eigenvalue weighted by Crippen LogP contribution is -2.24. The molecule has 0 aliphatic rings. The summed E-state index contributed by atoms with van der Waals surface area (Å²) in [6.45, 7) is -0.261. The second-order valence-corrected chi connectivity index (χ2v) is 6.73. The van der Waals surface area contributed by atoms with E-state index in [-0.39, 0.29) is 23.7 Å². The molecule has 0 aromatic heterocycles. The normalized spacial score (nSPS) is 10.6. The highest BCUT2D eigenvalue weighted by molar-refractivity contribution is 6.32. The Kier molecular flexibility index (Phi) is 7.77. The largest absolute Gasteiger partial charge is 0.493 e. The zero-order valence-electron chi connectivity index (χ0n) is 16.9. The number of hydrazone groups is 1. The molecule has 0 bridgehead atoms. The topological polar surface area (TPSA) is 86.2 Å². The van der Waals surface area contributed by atoms with Crippen molar-refractivity contribution >= 4 is 29.7 Å². The van der Waals surface area contributed by atoms with Crippen LogP contribution in [0.4, 0.5) is 4.39 Å². The number of carbonyl (C=O) groups excluding carboxylic acids is 2. The first-order valence-corrected chi connectivity index (χ1v) is 9.69. The Bertz CT molecular complexity index is 1140. The quantitative estimate of drug-likeness (QED) is 0.237. The van der Waals surface area contributed by atoms with Crippen LogP contribution >= 0.6 is 11.6 Å². The molecule has 3 rings (SSSR count). The molecule has 0 radical (unpaired) electrons. The molecule has 9 heteroatoms. The molecule has 1 N–H and O–H groups in total. The summed E-state index contributed by atoms with van der Waals surface area (Å²) >= 11 is 5.96. The Hall–Kier alpha value is -3.91. The highest BCUT2D eigenvalue weighted by atomic mass is 35.5. The number of rotatable bonds is 8. The van der Waals surface area contributed by atoms with Crippen LogP contribution in [0.2, 0.25) is 5.02 Å². The summed E-state index contributed by atoms with van der Waals surface area (Å²) in [5.74, 6) is -0.739. The van der Waals surface area contributed by atoms with Crippen molar-refractivity contribution in [2.45, 2.75) is 0 Å². The van der Waals surface area contributed by atoms with Crippen LogP contribution < -0.4 is 19.6 Å². The van der Waals surface area contributed by atoms with Gasteiger partial charge in [-0.3, -0.25) is 4.79 Å². The smallest absolute Gasteiger partial charge is 0.343 e. The van der Waals surface area contributed by atoms with Crippen molar-refractivity contribution in [3.05, 3.63) is 88.7 Å². The summed E-state index contributed by atoms with van der Waals surface area (Å²) in [7, 11) is 1.42. The van der Waals surface area contributed by atoms with Gasteiger partial charge in [-0.1, -0.05) is 23.7 Å². The molecule has 3 aromatic rings. The standard InChI is InChI=1S/C23H18ClFN2O5/c1-30-21-12-15(6-11-20(21)32-23(29)16-7-9-17(25)10-8-16)13-26-27-22(28)14-31-19-5-3-2-4-18(19)24/h2-13H,14H2,1H3,(H,27,28)/b26-13+. The maximum atomic E-state index is 13.0. The van der Waals surface area contributed by atoms with Gasteiger partial charge in [0.05, 0.1) is 23.9 Å². The summed E-state index contributed by atoms with van der Waals surface area (Å²) in [5, 5.41) is 4.26. The van der Waals surface area contributed by atoms with Gasteiger partial charge in [0.1, 0.15) is 11.6 Å². The van der Waals surface area contributed by atoms with Gasteiger partial charge in [-0.2, -0.15) is 5.10 Å². The van der Waals surface area contributed by atoms with E-state index in [0.29, 0.717) is 16.3 Å². The fraction of sp³-hybridized carbons (Fsp3) is 0.0870. The number of halogens is 2. The lowest BCUT2D eigenvalue weighted by molar-refractivity contribution is -0.123. The Labute approximate surface area is 188 Å². The molecule has 0 saturated carbocycles. The van der Waals surface area contributed by atoms with E-state index in [4.69, 9.17) is 25.8 Å². The number of amides is 1. The van der Waals surface area contributed by atoms with Crippen molar-refractivity contribution in [1.29, 1.82) is 0 Å². The van der Waals surface area contributed by atoms with Crippen LogP contribution in [0.5, 0.6) is 17.2 Å². The van der Waals surface area contributed by atoms with Gasteiger partial charge in [-0.25, -0.2) is 14.6 Å². The molecule has 0 atom stereocenters. The van der Waals surface area contributed by atoms with E-state index in [1.807, 2.05) is 0 Å². The highest BCUT2D eigenvalue weighted by Gasteiger charge is 2.13. The van der Waals surface area contributed by atoms with Crippen LogP contribution in [0.3, 0.4) is 0 Å². The SMILES string of the molecule is COc1cc(/C=N/NC(=O)COc2ccccc2Cl)ccc1OC(=O)c1ccc(F)cc1. The Morgan fingerprint density at radius 2 is 1.78 bits per heavy atom. The summed E-state index contributed by atoms with van der Waals surface area (Å²) in [6.07, 6.45) is 1.39. The molecule has 3 aromatic carbocycles. The third-order valence-corrected chi connectivity index (χ3v) is 4.38. The maximum Gasteiger partial charge on any atom is 0.343 e. The van der Waals surface area contributed by atoms with Gasteiger partial charge in [0.2, 0.25) is 0 Å². The Morgan fingerprint density at radius 1 is 1.03 bits per heavy atom. The summed E-state index contributed by atoms with van der Waals surface area (Å²) in [5.41, 5.74) is 3.11. The number of methoxy groups -OCH3 is 1. The van der Waals surface area contributed by atoms with Crippen LogP contribution in [-0.4, -0.2) is 31.8 Å². The molecule has 0 heterocycles. The predicted octanol–water partition coefficient (Wildman–Crippen LogP) is 4.24. The zero-order chi connectivity index (χ0) is 22.9. The maximum absolute atomic E-state index is 13.0. The lowest BCUT2D eigenvalue weighted by atomic mass is 10.2. The number of ether oxygens (including phenoxy) is 3. The highest BCUT2D eigenvalue weighted by Crippen LogP contribution is 2.28. The molecule has 32 heavy (non-hydrogen) atoms. The van der Waals surface area contributed by atoms with Gasteiger partial charge in [0.25, 0.3) is 5.91 Å². The van der Waals surface area contributed by atoms with Gasteiger partial charge in [-0.05, 0) is 60.2 Å². The van der Waals surface area contributed by atoms with Crippen LogP contribution in [0.25, 0.3) is 0 Å². The van der Waals surface area contributed by atoms with E-state index in [1.165, 1.54) is 43.7 Å². The number of carbonyl (C=O) groups is 2. The minimum Gasteiger partial charge on any atom is -0.493 e.